The van der Waals surface area contributed by atoms with Gasteiger partial charge in [0.15, 0.2) is 0 Å². The molecule has 0 bridgehead atoms. The van der Waals surface area contributed by atoms with Crippen molar-refractivity contribution in [2.45, 2.75) is 6.92 Å². The van der Waals surface area contributed by atoms with Gasteiger partial charge in [-0.3, -0.25) is 21.0 Å². The average molecular weight is 228 g/mol. The van der Waals surface area contributed by atoms with E-state index in [1.807, 2.05) is 5.32 Å². The summed E-state index contributed by atoms with van der Waals surface area (Å²) in [5.41, 5.74) is 5.50. The molecule has 0 heterocycles. The number of anilines is 1. The highest BCUT2D eigenvalue weighted by Crippen LogP contribution is 2.13. The van der Waals surface area contributed by atoms with Crippen LogP contribution in [0.2, 0.25) is 5.02 Å². The van der Waals surface area contributed by atoms with Crippen LogP contribution in [-0.2, 0) is 4.79 Å². The summed E-state index contributed by atoms with van der Waals surface area (Å²) < 4.78 is 0. The molecule has 0 aliphatic heterocycles. The lowest BCUT2D eigenvalue weighted by Crippen LogP contribution is -2.41. The molecule has 0 unspecified atom stereocenters. The molecule has 0 aliphatic carbocycles. The first-order valence-corrected chi connectivity index (χ1v) is 4.55. The van der Waals surface area contributed by atoms with Gasteiger partial charge in [-0.25, -0.2) is 4.79 Å². The fourth-order valence-corrected chi connectivity index (χ4v) is 1.08. The molecular formula is C9H10ClN3O2. The maximum absolute atomic E-state index is 11.0. The van der Waals surface area contributed by atoms with Crippen LogP contribution < -0.4 is 16.2 Å². The standard InChI is InChI=1S/C9H10ClN3O2/c1-6(14)11-9(15)13-12-8-4-2-3-7(10)5-8/h2-5,12H,1H3,(H2,11,13,14,15). The van der Waals surface area contributed by atoms with Crippen LogP contribution in [0.15, 0.2) is 24.3 Å². The lowest BCUT2D eigenvalue weighted by molar-refractivity contribution is -0.117. The molecule has 5 nitrogen and oxygen atoms in total. The fourth-order valence-electron chi connectivity index (χ4n) is 0.886. The maximum atomic E-state index is 11.0. The molecule has 0 aliphatic rings. The summed E-state index contributed by atoms with van der Waals surface area (Å²) in [6, 6.07) is 6.18. The Morgan fingerprint density at radius 1 is 1.33 bits per heavy atom. The van der Waals surface area contributed by atoms with E-state index in [0.29, 0.717) is 10.7 Å². The van der Waals surface area contributed by atoms with E-state index in [1.165, 1.54) is 6.92 Å². The van der Waals surface area contributed by atoms with E-state index in [4.69, 9.17) is 11.6 Å². The number of hydrogen-bond donors (Lipinski definition) is 3. The second-order valence-electron chi connectivity index (χ2n) is 2.77. The van der Waals surface area contributed by atoms with Crippen molar-refractivity contribution in [3.05, 3.63) is 29.3 Å². The molecule has 0 saturated carbocycles. The lowest BCUT2D eigenvalue weighted by Gasteiger charge is -2.08. The van der Waals surface area contributed by atoms with Crippen LogP contribution in [0.5, 0.6) is 0 Å². The van der Waals surface area contributed by atoms with E-state index in [2.05, 4.69) is 10.9 Å². The quantitative estimate of drug-likeness (QED) is 0.671. The Balaban J connectivity index is 2.43. The number of nitrogens with one attached hydrogen (secondary N) is 3. The first kappa shape index (κ1) is 11.3. The van der Waals surface area contributed by atoms with E-state index in [9.17, 15) is 9.59 Å². The van der Waals surface area contributed by atoms with Crippen LogP contribution in [-0.4, -0.2) is 11.9 Å². The van der Waals surface area contributed by atoms with Crippen molar-refractivity contribution in [3.8, 4) is 0 Å². The molecule has 0 aromatic heterocycles. The Labute approximate surface area is 91.8 Å². The Morgan fingerprint density at radius 2 is 2.07 bits per heavy atom. The van der Waals surface area contributed by atoms with Gasteiger partial charge < -0.3 is 0 Å². The van der Waals surface area contributed by atoms with Gasteiger partial charge in [-0.15, -0.1) is 0 Å². The molecular weight excluding hydrogens is 218 g/mol. The van der Waals surface area contributed by atoms with E-state index in [0.717, 1.165) is 0 Å². The van der Waals surface area contributed by atoms with Crippen molar-refractivity contribution in [1.29, 1.82) is 0 Å². The van der Waals surface area contributed by atoms with Gasteiger partial charge in [0.1, 0.15) is 0 Å². The van der Waals surface area contributed by atoms with Gasteiger partial charge in [-0.1, -0.05) is 17.7 Å². The van der Waals surface area contributed by atoms with Crippen molar-refractivity contribution in [2.24, 2.45) is 0 Å². The summed E-state index contributed by atoms with van der Waals surface area (Å²) >= 11 is 5.72. The predicted octanol–water partition coefficient (Wildman–Crippen LogP) is 1.51. The molecule has 3 N–H and O–H groups in total. The zero-order valence-electron chi connectivity index (χ0n) is 8.00. The Hall–Kier alpha value is -1.75. The number of benzene rings is 1. The molecule has 6 heteroatoms. The summed E-state index contributed by atoms with van der Waals surface area (Å²) in [5.74, 6) is -0.430. The number of imide groups is 1. The first-order chi connectivity index (χ1) is 7.08. The summed E-state index contributed by atoms with van der Waals surface area (Å²) in [4.78, 5) is 21.5. The molecule has 0 saturated heterocycles. The molecule has 0 spiro atoms. The van der Waals surface area contributed by atoms with Gasteiger partial charge in [-0.05, 0) is 18.2 Å². The highest BCUT2D eigenvalue weighted by molar-refractivity contribution is 6.30. The summed E-state index contributed by atoms with van der Waals surface area (Å²) in [7, 11) is 0. The van der Waals surface area contributed by atoms with Gasteiger partial charge in [0.05, 0.1) is 5.69 Å². The maximum Gasteiger partial charge on any atom is 0.340 e. The highest BCUT2D eigenvalue weighted by atomic mass is 35.5. The van der Waals surface area contributed by atoms with Gasteiger partial charge >= 0.3 is 6.03 Å². The number of halogens is 1. The molecule has 1 rings (SSSR count). The Bertz CT molecular complexity index is 381. The fraction of sp³-hybridized carbons (Fsp3) is 0.111. The SMILES string of the molecule is CC(=O)NC(=O)NNc1cccc(Cl)c1. The first-order valence-electron chi connectivity index (χ1n) is 4.17. The number of amides is 3. The van der Waals surface area contributed by atoms with Crippen LogP contribution in [0, 0.1) is 0 Å². The number of hydrazine groups is 1. The van der Waals surface area contributed by atoms with Crippen molar-refractivity contribution >= 4 is 29.2 Å². The monoisotopic (exact) mass is 227 g/mol. The minimum Gasteiger partial charge on any atom is -0.297 e. The molecule has 0 atom stereocenters. The third kappa shape index (κ3) is 4.33. The number of urea groups is 1. The van der Waals surface area contributed by atoms with Crippen molar-refractivity contribution in [2.75, 3.05) is 5.43 Å². The second kappa shape index (κ2) is 5.21. The molecule has 1 aromatic carbocycles. The van der Waals surface area contributed by atoms with Gasteiger partial charge in [0, 0.05) is 11.9 Å². The van der Waals surface area contributed by atoms with E-state index in [-0.39, 0.29) is 0 Å². The largest absolute Gasteiger partial charge is 0.340 e. The molecule has 15 heavy (non-hydrogen) atoms. The van der Waals surface area contributed by atoms with Crippen molar-refractivity contribution in [1.82, 2.24) is 10.7 Å². The molecule has 0 radical (unpaired) electrons. The van der Waals surface area contributed by atoms with Gasteiger partial charge in [-0.2, -0.15) is 0 Å². The third-order valence-electron chi connectivity index (χ3n) is 1.43. The summed E-state index contributed by atoms with van der Waals surface area (Å²) in [6.45, 7) is 1.25. The predicted molar refractivity (Wildman–Crippen MR) is 57.4 cm³/mol. The number of hydrogen-bond acceptors (Lipinski definition) is 3. The zero-order chi connectivity index (χ0) is 11.3. The van der Waals surface area contributed by atoms with Gasteiger partial charge in [0.25, 0.3) is 0 Å². The summed E-state index contributed by atoms with van der Waals surface area (Å²) in [6.07, 6.45) is 0. The van der Waals surface area contributed by atoms with Crippen LogP contribution >= 0.6 is 11.6 Å². The van der Waals surface area contributed by atoms with E-state index >= 15 is 0 Å². The minimum atomic E-state index is -0.623. The lowest BCUT2D eigenvalue weighted by atomic mass is 10.3. The van der Waals surface area contributed by atoms with Crippen molar-refractivity contribution in [3.63, 3.8) is 0 Å². The van der Waals surface area contributed by atoms with Gasteiger partial charge in [0.2, 0.25) is 5.91 Å². The molecule has 1 aromatic rings. The topological polar surface area (TPSA) is 70.2 Å². The molecule has 0 fully saturated rings. The minimum absolute atomic E-state index is 0.430. The second-order valence-corrected chi connectivity index (χ2v) is 3.21. The van der Waals surface area contributed by atoms with Crippen molar-refractivity contribution < 1.29 is 9.59 Å². The average Bonchev–Trinajstić information content (AvgIpc) is 2.14. The van der Waals surface area contributed by atoms with E-state index in [1.54, 1.807) is 24.3 Å². The Morgan fingerprint density at radius 3 is 2.67 bits per heavy atom. The van der Waals surface area contributed by atoms with Crippen LogP contribution in [0.3, 0.4) is 0 Å². The number of carbonyl (C=O) groups excluding carboxylic acids is 2. The Kier molecular flexibility index (Phi) is 3.93. The normalized spacial score (nSPS) is 9.20. The molecule has 3 amide bonds. The van der Waals surface area contributed by atoms with Crippen LogP contribution in [0.4, 0.5) is 10.5 Å². The number of carbonyl (C=O) groups is 2. The smallest absolute Gasteiger partial charge is 0.297 e. The van der Waals surface area contributed by atoms with E-state index < -0.39 is 11.9 Å². The van der Waals surface area contributed by atoms with Crippen LogP contribution in [0.25, 0.3) is 0 Å². The molecule has 80 valence electrons. The number of rotatable bonds is 2. The zero-order valence-corrected chi connectivity index (χ0v) is 8.76. The highest BCUT2D eigenvalue weighted by Gasteiger charge is 2.01. The van der Waals surface area contributed by atoms with Crippen LogP contribution in [0.1, 0.15) is 6.92 Å². The summed E-state index contributed by atoms with van der Waals surface area (Å²) in [5, 5.41) is 2.59. The third-order valence-corrected chi connectivity index (χ3v) is 1.67.